The first-order valence-corrected chi connectivity index (χ1v) is 8.34. The Labute approximate surface area is 116 Å². The van der Waals surface area contributed by atoms with Gasteiger partial charge in [-0.1, -0.05) is 6.92 Å². The maximum absolute atomic E-state index is 12.6. The Bertz CT molecular complexity index is 605. The molecule has 1 aromatic heterocycles. The zero-order valence-electron chi connectivity index (χ0n) is 11.1. The second kappa shape index (κ2) is 4.88. The minimum Gasteiger partial charge on any atom is -0.477 e. The van der Waals surface area contributed by atoms with E-state index in [4.69, 9.17) is 5.11 Å². The predicted octanol–water partition coefficient (Wildman–Crippen LogP) is 2.17. The van der Waals surface area contributed by atoms with Gasteiger partial charge in [-0.05, 0) is 32.3 Å². The Kier molecular flexibility index (Phi) is 3.72. The van der Waals surface area contributed by atoms with Crippen LogP contribution in [0, 0.1) is 12.8 Å². The third-order valence-electron chi connectivity index (χ3n) is 3.40. The van der Waals surface area contributed by atoms with Crippen LogP contribution < -0.4 is 0 Å². The molecule has 19 heavy (non-hydrogen) atoms. The third kappa shape index (κ3) is 2.54. The van der Waals surface area contributed by atoms with Crippen LogP contribution in [0.3, 0.4) is 0 Å². The van der Waals surface area contributed by atoms with Crippen LogP contribution in [0.4, 0.5) is 0 Å². The van der Waals surface area contributed by atoms with Gasteiger partial charge in [0.25, 0.3) is 0 Å². The minimum atomic E-state index is -3.58. The third-order valence-corrected chi connectivity index (χ3v) is 6.67. The van der Waals surface area contributed by atoms with Gasteiger partial charge in [-0.15, -0.1) is 11.3 Å². The maximum atomic E-state index is 12.6. The molecule has 1 fully saturated rings. The highest BCUT2D eigenvalue weighted by Crippen LogP contribution is 2.33. The number of carbonyl (C=O) groups is 1. The Morgan fingerprint density at radius 1 is 1.47 bits per heavy atom. The highest BCUT2D eigenvalue weighted by molar-refractivity contribution is 7.89. The summed E-state index contributed by atoms with van der Waals surface area (Å²) in [5.74, 6) is -0.750. The molecule has 2 heterocycles. The van der Waals surface area contributed by atoms with E-state index in [-0.39, 0.29) is 15.8 Å². The fourth-order valence-corrected chi connectivity index (χ4v) is 5.71. The Balaban J connectivity index is 2.42. The molecule has 0 aromatic carbocycles. The van der Waals surface area contributed by atoms with Gasteiger partial charge in [0.15, 0.2) is 0 Å². The van der Waals surface area contributed by atoms with Crippen LogP contribution >= 0.6 is 11.3 Å². The van der Waals surface area contributed by atoms with Crippen LogP contribution in [0.2, 0.25) is 0 Å². The number of rotatable bonds is 3. The van der Waals surface area contributed by atoms with Crippen molar-refractivity contribution in [2.45, 2.75) is 38.1 Å². The van der Waals surface area contributed by atoms with Crippen molar-refractivity contribution in [2.24, 2.45) is 5.92 Å². The maximum Gasteiger partial charge on any atom is 0.345 e. The van der Waals surface area contributed by atoms with Crippen LogP contribution in [-0.4, -0.2) is 36.4 Å². The van der Waals surface area contributed by atoms with E-state index in [1.54, 1.807) is 6.92 Å². The van der Waals surface area contributed by atoms with Gasteiger partial charge in [-0.25, -0.2) is 13.2 Å². The molecule has 1 N–H and O–H groups in total. The van der Waals surface area contributed by atoms with Crippen LogP contribution in [0.15, 0.2) is 11.0 Å². The number of hydrogen-bond donors (Lipinski definition) is 1. The summed E-state index contributed by atoms with van der Waals surface area (Å²) in [5, 5.41) is 8.95. The van der Waals surface area contributed by atoms with Crippen LogP contribution in [0.1, 0.15) is 34.8 Å². The number of carboxylic acid groups (broad SMARTS) is 1. The molecular weight excluding hydrogens is 286 g/mol. The van der Waals surface area contributed by atoms with Crippen molar-refractivity contribution in [1.29, 1.82) is 0 Å². The molecule has 0 spiro atoms. The molecule has 0 saturated carbocycles. The van der Waals surface area contributed by atoms with Crippen molar-refractivity contribution < 1.29 is 18.3 Å². The quantitative estimate of drug-likeness (QED) is 0.928. The van der Waals surface area contributed by atoms with E-state index in [1.807, 2.05) is 13.8 Å². The lowest BCUT2D eigenvalue weighted by Crippen LogP contribution is -2.34. The topological polar surface area (TPSA) is 74.7 Å². The highest BCUT2D eigenvalue weighted by Gasteiger charge is 2.37. The molecule has 2 atom stereocenters. The van der Waals surface area contributed by atoms with E-state index in [0.29, 0.717) is 17.3 Å². The standard InChI is InChI=1S/C12H17NO4S2/c1-7-4-8(2)13(6-7)19(16,17)11-5-10(12(14)15)18-9(11)3/h5,7-8H,4,6H2,1-3H3,(H,14,15). The largest absolute Gasteiger partial charge is 0.477 e. The summed E-state index contributed by atoms with van der Waals surface area (Å²) in [6.07, 6.45) is 0.841. The molecule has 0 bridgehead atoms. The number of thiophene rings is 1. The Hall–Kier alpha value is -0.920. The SMILES string of the molecule is Cc1sc(C(=O)O)cc1S(=O)(=O)N1CC(C)CC1C. The molecular formula is C12H17NO4S2. The normalized spacial score (nSPS) is 24.8. The van der Waals surface area contributed by atoms with E-state index >= 15 is 0 Å². The Morgan fingerprint density at radius 2 is 2.11 bits per heavy atom. The van der Waals surface area contributed by atoms with Gasteiger partial charge in [-0.2, -0.15) is 4.31 Å². The Morgan fingerprint density at radius 3 is 2.53 bits per heavy atom. The number of nitrogens with zero attached hydrogens (tertiary/aromatic N) is 1. The molecule has 0 radical (unpaired) electrons. The van der Waals surface area contributed by atoms with Crippen molar-refractivity contribution in [3.05, 3.63) is 15.8 Å². The van der Waals surface area contributed by atoms with Crippen molar-refractivity contribution in [3.63, 3.8) is 0 Å². The number of aryl methyl sites for hydroxylation is 1. The second-order valence-corrected chi connectivity index (χ2v) is 8.22. The zero-order chi connectivity index (χ0) is 14.4. The minimum absolute atomic E-state index is 0.0346. The summed E-state index contributed by atoms with van der Waals surface area (Å²) in [6.45, 7) is 6.06. The number of hydrogen-bond acceptors (Lipinski definition) is 4. The van der Waals surface area contributed by atoms with Crippen molar-refractivity contribution in [2.75, 3.05) is 6.54 Å². The van der Waals surface area contributed by atoms with E-state index < -0.39 is 16.0 Å². The van der Waals surface area contributed by atoms with Gasteiger partial charge in [0, 0.05) is 17.5 Å². The van der Waals surface area contributed by atoms with Gasteiger partial charge < -0.3 is 5.11 Å². The first kappa shape index (κ1) is 14.5. The zero-order valence-corrected chi connectivity index (χ0v) is 12.7. The monoisotopic (exact) mass is 303 g/mol. The van der Waals surface area contributed by atoms with Crippen molar-refractivity contribution >= 4 is 27.3 Å². The summed E-state index contributed by atoms with van der Waals surface area (Å²) < 4.78 is 26.7. The van der Waals surface area contributed by atoms with Crippen molar-refractivity contribution in [1.82, 2.24) is 4.31 Å². The molecule has 1 aliphatic heterocycles. The summed E-state index contributed by atoms with van der Waals surface area (Å²) >= 11 is 1.00. The molecule has 0 aliphatic carbocycles. The lowest BCUT2D eigenvalue weighted by molar-refractivity contribution is 0.0702. The summed E-state index contributed by atoms with van der Waals surface area (Å²) in [7, 11) is -3.58. The number of aromatic carboxylic acids is 1. The van der Waals surface area contributed by atoms with E-state index in [1.165, 1.54) is 10.4 Å². The number of carboxylic acids is 1. The van der Waals surface area contributed by atoms with Crippen LogP contribution in [0.5, 0.6) is 0 Å². The average Bonchev–Trinajstić information content (AvgIpc) is 2.82. The molecule has 2 unspecified atom stereocenters. The van der Waals surface area contributed by atoms with E-state index in [0.717, 1.165) is 17.8 Å². The smallest absolute Gasteiger partial charge is 0.345 e. The fraction of sp³-hybridized carbons (Fsp3) is 0.583. The second-order valence-electron chi connectivity index (χ2n) is 5.10. The van der Waals surface area contributed by atoms with Gasteiger partial charge >= 0.3 is 5.97 Å². The highest BCUT2D eigenvalue weighted by atomic mass is 32.2. The van der Waals surface area contributed by atoms with Gasteiger partial charge in [0.2, 0.25) is 10.0 Å². The molecule has 0 amide bonds. The fourth-order valence-electron chi connectivity index (χ4n) is 2.55. The first-order chi connectivity index (χ1) is 8.73. The molecule has 1 aliphatic rings. The van der Waals surface area contributed by atoms with Crippen LogP contribution in [-0.2, 0) is 10.0 Å². The van der Waals surface area contributed by atoms with Gasteiger partial charge in [-0.3, -0.25) is 0 Å². The predicted molar refractivity (Wildman–Crippen MR) is 73.2 cm³/mol. The molecule has 106 valence electrons. The van der Waals surface area contributed by atoms with Gasteiger partial charge in [0.05, 0.1) is 4.90 Å². The van der Waals surface area contributed by atoms with Crippen LogP contribution in [0.25, 0.3) is 0 Å². The average molecular weight is 303 g/mol. The van der Waals surface area contributed by atoms with E-state index in [9.17, 15) is 13.2 Å². The molecule has 2 rings (SSSR count). The summed E-state index contributed by atoms with van der Waals surface area (Å²) in [5.41, 5.74) is 0. The van der Waals surface area contributed by atoms with Crippen molar-refractivity contribution in [3.8, 4) is 0 Å². The molecule has 7 heteroatoms. The summed E-state index contributed by atoms with van der Waals surface area (Å²) in [4.78, 5) is 11.7. The summed E-state index contributed by atoms with van der Waals surface area (Å²) in [6, 6.07) is 1.24. The lowest BCUT2D eigenvalue weighted by Gasteiger charge is -2.20. The molecule has 5 nitrogen and oxygen atoms in total. The molecule has 1 aromatic rings. The molecule has 1 saturated heterocycles. The lowest BCUT2D eigenvalue weighted by atomic mass is 10.1. The number of sulfonamides is 1. The van der Waals surface area contributed by atoms with E-state index in [2.05, 4.69) is 0 Å². The van der Waals surface area contributed by atoms with Gasteiger partial charge in [0.1, 0.15) is 4.88 Å². The first-order valence-electron chi connectivity index (χ1n) is 6.09.